The Kier molecular flexibility index (Phi) is 4.64. The molecule has 6 nitrogen and oxygen atoms in total. The highest BCUT2D eigenvalue weighted by Crippen LogP contribution is 2.22. The lowest BCUT2D eigenvalue weighted by molar-refractivity contribution is 0.102. The monoisotopic (exact) mass is 345 g/mol. The first kappa shape index (κ1) is 16.6. The van der Waals surface area contributed by atoms with Gasteiger partial charge in [0, 0.05) is 24.8 Å². The van der Waals surface area contributed by atoms with Crippen LogP contribution < -0.4 is 5.32 Å². The van der Waals surface area contributed by atoms with Gasteiger partial charge in [-0.3, -0.25) is 4.79 Å². The Morgan fingerprint density at radius 2 is 1.92 bits per heavy atom. The van der Waals surface area contributed by atoms with E-state index in [1.54, 1.807) is 24.4 Å². The fraction of sp³-hybridized carbons (Fsp3) is 0.294. The molecular formula is C17H19N3O3S. The standard InChI is InChI=1S/C17H19N3O3S/c1-13-6-5-9-18-16(13)19-17(21)14-7-4-8-15(12-14)24(22,23)20-10-2-3-11-20/h4-9,12H,2-3,10-11H2,1H3,(H,18,19,21). The summed E-state index contributed by atoms with van der Waals surface area (Å²) in [5.74, 6) is 0.0885. The Bertz CT molecular complexity index is 859. The normalized spacial score (nSPS) is 15.4. The van der Waals surface area contributed by atoms with Gasteiger partial charge in [0.25, 0.3) is 5.91 Å². The Morgan fingerprint density at radius 3 is 2.62 bits per heavy atom. The molecule has 0 aliphatic carbocycles. The number of carbonyl (C=O) groups is 1. The summed E-state index contributed by atoms with van der Waals surface area (Å²) in [4.78, 5) is 16.7. The van der Waals surface area contributed by atoms with Crippen molar-refractivity contribution in [1.29, 1.82) is 0 Å². The molecule has 0 spiro atoms. The minimum atomic E-state index is -3.54. The number of anilines is 1. The van der Waals surface area contributed by atoms with Crippen LogP contribution >= 0.6 is 0 Å². The zero-order chi connectivity index (χ0) is 17.2. The van der Waals surface area contributed by atoms with Crippen molar-refractivity contribution in [3.63, 3.8) is 0 Å². The number of hydrogen-bond acceptors (Lipinski definition) is 4. The number of aromatic nitrogens is 1. The van der Waals surface area contributed by atoms with Crippen LogP contribution in [0.4, 0.5) is 5.82 Å². The minimum absolute atomic E-state index is 0.148. The first-order chi connectivity index (χ1) is 11.5. The third-order valence-electron chi connectivity index (χ3n) is 4.04. The fourth-order valence-corrected chi connectivity index (χ4v) is 4.24. The van der Waals surface area contributed by atoms with Gasteiger partial charge in [-0.25, -0.2) is 13.4 Å². The summed E-state index contributed by atoms with van der Waals surface area (Å²) in [6.07, 6.45) is 3.34. The number of nitrogens with one attached hydrogen (secondary N) is 1. The number of aryl methyl sites for hydroxylation is 1. The second-order valence-corrected chi connectivity index (χ2v) is 7.70. The van der Waals surface area contributed by atoms with Crippen molar-refractivity contribution < 1.29 is 13.2 Å². The van der Waals surface area contributed by atoms with Crippen LogP contribution in [-0.2, 0) is 10.0 Å². The Morgan fingerprint density at radius 1 is 1.17 bits per heavy atom. The van der Waals surface area contributed by atoms with Crippen molar-refractivity contribution in [2.45, 2.75) is 24.7 Å². The molecule has 1 aliphatic rings. The van der Waals surface area contributed by atoms with Crippen LogP contribution in [0.1, 0.15) is 28.8 Å². The summed E-state index contributed by atoms with van der Waals surface area (Å²) in [5, 5.41) is 2.72. The molecule has 0 unspecified atom stereocenters. The molecule has 24 heavy (non-hydrogen) atoms. The lowest BCUT2D eigenvalue weighted by Crippen LogP contribution is -2.28. The van der Waals surface area contributed by atoms with Crippen molar-refractivity contribution in [2.24, 2.45) is 0 Å². The van der Waals surface area contributed by atoms with Crippen LogP contribution in [0.2, 0.25) is 0 Å². The van der Waals surface area contributed by atoms with Gasteiger partial charge in [0.05, 0.1) is 4.90 Å². The zero-order valence-corrected chi connectivity index (χ0v) is 14.2. The van der Waals surface area contributed by atoms with E-state index >= 15 is 0 Å². The van der Waals surface area contributed by atoms with Gasteiger partial charge >= 0.3 is 0 Å². The molecule has 1 aliphatic heterocycles. The van der Waals surface area contributed by atoms with Gasteiger partial charge in [0.1, 0.15) is 5.82 Å². The zero-order valence-electron chi connectivity index (χ0n) is 13.4. The molecule has 1 aromatic carbocycles. The molecule has 0 radical (unpaired) electrons. The Balaban J connectivity index is 1.85. The SMILES string of the molecule is Cc1cccnc1NC(=O)c1cccc(S(=O)(=O)N2CCCC2)c1. The number of hydrogen-bond donors (Lipinski definition) is 1. The number of rotatable bonds is 4. The van der Waals surface area contributed by atoms with E-state index in [-0.39, 0.29) is 10.8 Å². The predicted octanol–water partition coefficient (Wildman–Crippen LogP) is 2.43. The lowest BCUT2D eigenvalue weighted by atomic mass is 10.2. The van der Waals surface area contributed by atoms with Crippen LogP contribution in [0.25, 0.3) is 0 Å². The van der Waals surface area contributed by atoms with E-state index in [0.29, 0.717) is 24.5 Å². The van der Waals surface area contributed by atoms with Crippen LogP contribution in [0.3, 0.4) is 0 Å². The van der Waals surface area contributed by atoms with Crippen molar-refractivity contribution in [3.8, 4) is 0 Å². The van der Waals surface area contributed by atoms with Crippen molar-refractivity contribution in [2.75, 3.05) is 18.4 Å². The summed E-state index contributed by atoms with van der Waals surface area (Å²) < 4.78 is 26.7. The molecular weight excluding hydrogens is 326 g/mol. The van der Waals surface area contributed by atoms with Crippen LogP contribution in [0.5, 0.6) is 0 Å². The quantitative estimate of drug-likeness (QED) is 0.923. The van der Waals surface area contributed by atoms with E-state index in [0.717, 1.165) is 18.4 Å². The van der Waals surface area contributed by atoms with Gasteiger partial charge in [-0.2, -0.15) is 4.31 Å². The number of nitrogens with zero attached hydrogens (tertiary/aromatic N) is 2. The lowest BCUT2D eigenvalue weighted by Gasteiger charge is -2.16. The summed E-state index contributed by atoms with van der Waals surface area (Å²) in [7, 11) is -3.54. The third kappa shape index (κ3) is 3.32. The Labute approximate surface area is 141 Å². The maximum Gasteiger partial charge on any atom is 0.256 e. The second kappa shape index (κ2) is 6.70. The number of pyridine rings is 1. The van der Waals surface area contributed by atoms with E-state index in [2.05, 4.69) is 10.3 Å². The van der Waals surface area contributed by atoms with Gasteiger partial charge in [-0.1, -0.05) is 12.1 Å². The van der Waals surface area contributed by atoms with E-state index in [4.69, 9.17) is 0 Å². The molecule has 1 amide bonds. The van der Waals surface area contributed by atoms with Crippen molar-refractivity contribution in [1.82, 2.24) is 9.29 Å². The molecule has 0 bridgehead atoms. The van der Waals surface area contributed by atoms with Gasteiger partial charge in [-0.15, -0.1) is 0 Å². The average Bonchev–Trinajstić information content (AvgIpc) is 3.12. The number of carbonyl (C=O) groups excluding carboxylic acids is 1. The van der Waals surface area contributed by atoms with Gasteiger partial charge in [0.2, 0.25) is 10.0 Å². The summed E-state index contributed by atoms with van der Waals surface area (Å²) in [5.41, 5.74) is 1.13. The smallest absolute Gasteiger partial charge is 0.256 e. The van der Waals surface area contributed by atoms with E-state index < -0.39 is 10.0 Å². The molecule has 1 N–H and O–H groups in total. The van der Waals surface area contributed by atoms with Gasteiger partial charge in [-0.05, 0) is 49.6 Å². The van der Waals surface area contributed by atoms with Crippen LogP contribution in [0.15, 0.2) is 47.5 Å². The molecule has 7 heteroatoms. The molecule has 3 rings (SSSR count). The minimum Gasteiger partial charge on any atom is -0.306 e. The Hall–Kier alpha value is -2.25. The maximum absolute atomic E-state index is 12.6. The number of amides is 1. The van der Waals surface area contributed by atoms with E-state index in [1.807, 2.05) is 13.0 Å². The summed E-state index contributed by atoms with van der Waals surface area (Å²) in [6, 6.07) is 9.75. The maximum atomic E-state index is 12.6. The topological polar surface area (TPSA) is 79.4 Å². The molecule has 1 fully saturated rings. The highest BCUT2D eigenvalue weighted by atomic mass is 32.2. The van der Waals surface area contributed by atoms with E-state index in [9.17, 15) is 13.2 Å². The molecule has 1 aromatic heterocycles. The predicted molar refractivity (Wildman–Crippen MR) is 91.4 cm³/mol. The average molecular weight is 345 g/mol. The molecule has 126 valence electrons. The fourth-order valence-electron chi connectivity index (χ4n) is 2.67. The third-order valence-corrected chi connectivity index (χ3v) is 5.94. The molecule has 2 aromatic rings. The molecule has 2 heterocycles. The number of benzene rings is 1. The largest absolute Gasteiger partial charge is 0.306 e. The highest BCUT2D eigenvalue weighted by Gasteiger charge is 2.27. The van der Waals surface area contributed by atoms with Crippen molar-refractivity contribution in [3.05, 3.63) is 53.7 Å². The van der Waals surface area contributed by atoms with Gasteiger partial charge < -0.3 is 5.32 Å². The summed E-state index contributed by atoms with van der Waals surface area (Å²) in [6.45, 7) is 2.91. The molecule has 1 saturated heterocycles. The highest BCUT2D eigenvalue weighted by molar-refractivity contribution is 7.89. The molecule has 0 saturated carbocycles. The summed E-state index contributed by atoms with van der Waals surface area (Å²) >= 11 is 0. The second-order valence-electron chi connectivity index (χ2n) is 5.76. The first-order valence-corrected chi connectivity index (χ1v) is 9.26. The van der Waals surface area contributed by atoms with Crippen LogP contribution in [0, 0.1) is 6.92 Å². The van der Waals surface area contributed by atoms with Crippen LogP contribution in [-0.4, -0.2) is 36.7 Å². The van der Waals surface area contributed by atoms with Gasteiger partial charge in [0.15, 0.2) is 0 Å². The number of sulfonamides is 1. The van der Waals surface area contributed by atoms with Crippen molar-refractivity contribution >= 4 is 21.7 Å². The molecule has 0 atom stereocenters. The van der Waals surface area contributed by atoms with E-state index in [1.165, 1.54) is 16.4 Å². The first-order valence-electron chi connectivity index (χ1n) is 7.82.